The summed E-state index contributed by atoms with van der Waals surface area (Å²) in [5, 5.41) is 13.7. The van der Waals surface area contributed by atoms with Crippen LogP contribution in [0.2, 0.25) is 0 Å². The summed E-state index contributed by atoms with van der Waals surface area (Å²) in [6.07, 6.45) is 6.13. The maximum atomic E-state index is 9.12. The number of hydrogen-bond acceptors (Lipinski definition) is 3. The number of fused-ring (bicyclic) bond motifs is 1. The molecule has 0 spiro atoms. The predicted octanol–water partition coefficient (Wildman–Crippen LogP) is 2.66. The topological polar surface area (TPSA) is 41.6 Å². The molecule has 2 heterocycles. The molecular weight excluding hydrogens is 218 g/mol. The number of rotatable bonds is 1. The van der Waals surface area contributed by atoms with Crippen LogP contribution in [0.1, 0.15) is 48.7 Å². The van der Waals surface area contributed by atoms with Crippen LogP contribution in [0.4, 0.5) is 0 Å². The first-order valence-electron chi connectivity index (χ1n) is 5.98. The van der Waals surface area contributed by atoms with Crippen molar-refractivity contribution >= 4 is 11.8 Å². The van der Waals surface area contributed by atoms with E-state index in [2.05, 4.69) is 15.8 Å². The van der Waals surface area contributed by atoms with Crippen molar-refractivity contribution in [1.29, 1.82) is 5.26 Å². The second-order valence-electron chi connectivity index (χ2n) is 4.57. The van der Waals surface area contributed by atoms with E-state index in [0.29, 0.717) is 11.7 Å². The molecule has 2 aliphatic rings. The number of aromatic nitrogens is 2. The monoisotopic (exact) mass is 233 g/mol. The van der Waals surface area contributed by atoms with E-state index >= 15 is 0 Å². The van der Waals surface area contributed by atoms with Crippen LogP contribution in [0, 0.1) is 11.3 Å². The van der Waals surface area contributed by atoms with Crippen molar-refractivity contribution in [2.24, 2.45) is 0 Å². The van der Waals surface area contributed by atoms with Crippen LogP contribution in [0.3, 0.4) is 0 Å². The number of nitriles is 1. The number of thioether (sulfide) groups is 1. The number of hydrogen-bond donors (Lipinski definition) is 0. The third kappa shape index (κ3) is 1.54. The van der Waals surface area contributed by atoms with Gasteiger partial charge in [0.25, 0.3) is 0 Å². The van der Waals surface area contributed by atoms with Gasteiger partial charge in [-0.3, -0.25) is 4.68 Å². The van der Waals surface area contributed by atoms with Crippen LogP contribution in [-0.2, 0) is 12.2 Å². The van der Waals surface area contributed by atoms with Gasteiger partial charge >= 0.3 is 0 Å². The van der Waals surface area contributed by atoms with Crippen molar-refractivity contribution in [2.45, 2.75) is 43.9 Å². The van der Waals surface area contributed by atoms with Crippen molar-refractivity contribution in [3.05, 3.63) is 17.0 Å². The quantitative estimate of drug-likeness (QED) is 0.749. The lowest BCUT2D eigenvalue weighted by molar-refractivity contribution is 0.454. The maximum absolute atomic E-state index is 9.12. The van der Waals surface area contributed by atoms with Crippen molar-refractivity contribution in [3.63, 3.8) is 0 Å². The largest absolute Gasteiger partial charge is 0.264 e. The fraction of sp³-hybridized carbons (Fsp3) is 0.667. The third-order valence-corrected chi connectivity index (χ3v) is 4.60. The Labute approximate surface area is 99.8 Å². The average Bonchev–Trinajstić information content (AvgIpc) is 2.95. The molecule has 0 saturated heterocycles. The van der Waals surface area contributed by atoms with E-state index in [-0.39, 0.29) is 0 Å². The molecule has 16 heavy (non-hydrogen) atoms. The van der Waals surface area contributed by atoms with Crippen molar-refractivity contribution < 1.29 is 0 Å². The summed E-state index contributed by atoms with van der Waals surface area (Å²) in [4.78, 5) is 0. The van der Waals surface area contributed by atoms with Gasteiger partial charge in [0.15, 0.2) is 5.69 Å². The summed E-state index contributed by atoms with van der Waals surface area (Å²) in [5.41, 5.74) is 3.25. The van der Waals surface area contributed by atoms with Gasteiger partial charge in [-0.2, -0.15) is 22.1 Å². The Morgan fingerprint density at radius 1 is 1.38 bits per heavy atom. The minimum absolute atomic E-state index is 0.564. The molecule has 3 nitrogen and oxygen atoms in total. The molecule has 0 amide bonds. The highest BCUT2D eigenvalue weighted by Gasteiger charge is 2.26. The lowest BCUT2D eigenvalue weighted by Crippen LogP contribution is -2.12. The van der Waals surface area contributed by atoms with Gasteiger partial charge in [-0.05, 0) is 25.0 Å². The average molecular weight is 233 g/mol. The molecule has 0 atom stereocenters. The summed E-state index contributed by atoms with van der Waals surface area (Å²) in [6, 6.07) is 2.82. The standard InChI is InChI=1S/C12H15N3S/c13-7-11-10-5-6-16-8-12(10)15(14-11)9-3-1-2-4-9/h9H,1-6,8H2. The maximum Gasteiger partial charge on any atom is 0.166 e. The van der Waals surface area contributed by atoms with E-state index in [1.807, 2.05) is 11.8 Å². The second kappa shape index (κ2) is 4.14. The van der Waals surface area contributed by atoms with Crippen molar-refractivity contribution in [1.82, 2.24) is 9.78 Å². The summed E-state index contributed by atoms with van der Waals surface area (Å²) < 4.78 is 2.17. The summed E-state index contributed by atoms with van der Waals surface area (Å²) in [5.74, 6) is 2.18. The molecule has 0 radical (unpaired) electrons. The summed E-state index contributed by atoms with van der Waals surface area (Å²) >= 11 is 1.96. The molecule has 4 heteroatoms. The highest BCUT2D eigenvalue weighted by Crippen LogP contribution is 2.35. The SMILES string of the molecule is N#Cc1nn(C2CCCC2)c2c1CCSC2. The van der Waals surface area contributed by atoms with E-state index in [1.54, 1.807) is 0 Å². The van der Waals surface area contributed by atoms with E-state index in [9.17, 15) is 0 Å². The van der Waals surface area contributed by atoms with E-state index < -0.39 is 0 Å². The Morgan fingerprint density at radius 3 is 2.94 bits per heavy atom. The molecule has 1 aromatic rings. The van der Waals surface area contributed by atoms with Crippen LogP contribution in [-0.4, -0.2) is 15.5 Å². The zero-order valence-corrected chi connectivity index (χ0v) is 10.1. The van der Waals surface area contributed by atoms with Crippen LogP contribution in [0.5, 0.6) is 0 Å². The highest BCUT2D eigenvalue weighted by molar-refractivity contribution is 7.98. The van der Waals surface area contributed by atoms with Gasteiger partial charge < -0.3 is 0 Å². The Balaban J connectivity index is 2.04. The van der Waals surface area contributed by atoms with Gasteiger partial charge in [-0.25, -0.2) is 0 Å². The van der Waals surface area contributed by atoms with Crippen LogP contribution in [0.25, 0.3) is 0 Å². The lowest BCUT2D eigenvalue weighted by atomic mass is 10.1. The molecule has 3 rings (SSSR count). The Morgan fingerprint density at radius 2 is 2.19 bits per heavy atom. The predicted molar refractivity (Wildman–Crippen MR) is 64.3 cm³/mol. The van der Waals surface area contributed by atoms with Gasteiger partial charge in [0, 0.05) is 11.3 Å². The van der Waals surface area contributed by atoms with Crippen LogP contribution in [0.15, 0.2) is 0 Å². The summed E-state index contributed by atoms with van der Waals surface area (Å²) in [7, 11) is 0. The molecule has 1 aromatic heterocycles. The smallest absolute Gasteiger partial charge is 0.166 e. The first-order chi connectivity index (χ1) is 7.90. The Hall–Kier alpha value is -0.950. The molecular formula is C12H15N3S. The van der Waals surface area contributed by atoms with Gasteiger partial charge in [-0.15, -0.1) is 0 Å². The molecule has 1 saturated carbocycles. The highest BCUT2D eigenvalue weighted by atomic mass is 32.2. The third-order valence-electron chi connectivity index (χ3n) is 3.63. The van der Waals surface area contributed by atoms with Crippen LogP contribution < -0.4 is 0 Å². The first kappa shape index (κ1) is 10.2. The van der Waals surface area contributed by atoms with Gasteiger partial charge in [-0.1, -0.05) is 12.8 Å². The normalized spacial score (nSPS) is 20.7. The molecule has 0 unspecified atom stereocenters. The van der Waals surface area contributed by atoms with E-state index in [4.69, 9.17) is 5.26 Å². The van der Waals surface area contributed by atoms with E-state index in [1.165, 1.54) is 36.9 Å². The van der Waals surface area contributed by atoms with Crippen molar-refractivity contribution in [2.75, 3.05) is 5.75 Å². The second-order valence-corrected chi connectivity index (χ2v) is 5.68. The summed E-state index contributed by atoms with van der Waals surface area (Å²) in [6.45, 7) is 0. The van der Waals surface area contributed by atoms with Gasteiger partial charge in [0.2, 0.25) is 0 Å². The van der Waals surface area contributed by atoms with Gasteiger partial charge in [0.1, 0.15) is 6.07 Å². The molecule has 1 aliphatic carbocycles. The zero-order valence-electron chi connectivity index (χ0n) is 9.28. The van der Waals surface area contributed by atoms with Crippen LogP contribution >= 0.6 is 11.8 Å². The van der Waals surface area contributed by atoms with E-state index in [0.717, 1.165) is 17.9 Å². The molecule has 84 valence electrons. The number of nitrogens with zero attached hydrogens (tertiary/aromatic N) is 3. The molecule has 0 N–H and O–H groups in total. The minimum Gasteiger partial charge on any atom is -0.264 e. The van der Waals surface area contributed by atoms with Crippen molar-refractivity contribution in [3.8, 4) is 6.07 Å². The minimum atomic E-state index is 0.564. The fourth-order valence-corrected chi connectivity index (χ4v) is 3.80. The Kier molecular flexibility index (Phi) is 2.64. The van der Waals surface area contributed by atoms with Gasteiger partial charge in [0.05, 0.1) is 11.7 Å². The molecule has 1 fully saturated rings. The molecule has 1 aliphatic heterocycles. The lowest BCUT2D eigenvalue weighted by Gasteiger charge is -2.17. The molecule has 0 aromatic carbocycles. The first-order valence-corrected chi connectivity index (χ1v) is 7.13. The fourth-order valence-electron chi connectivity index (χ4n) is 2.80. The zero-order chi connectivity index (χ0) is 11.0. The Bertz CT molecular complexity index is 438. The molecule has 0 bridgehead atoms.